The summed E-state index contributed by atoms with van der Waals surface area (Å²) < 4.78 is 35.2. The molecule has 0 radical (unpaired) electrons. The van der Waals surface area contributed by atoms with Crippen molar-refractivity contribution in [2.75, 3.05) is 12.4 Å². The molecule has 0 spiro atoms. The molecule has 0 fully saturated rings. The van der Waals surface area contributed by atoms with Crippen LogP contribution in [-0.2, 0) is 10.1 Å². The number of benzene rings is 1. The summed E-state index contributed by atoms with van der Waals surface area (Å²) in [4.78, 5) is 0. The molecule has 1 aromatic rings. The van der Waals surface area contributed by atoms with Crippen molar-refractivity contribution in [2.45, 2.75) is 45.4 Å². The fraction of sp³-hybridized carbons (Fsp3) is 0.600. The Bertz CT molecular complexity index is 479. The van der Waals surface area contributed by atoms with Gasteiger partial charge in [-0.2, -0.15) is 8.42 Å². The summed E-state index contributed by atoms with van der Waals surface area (Å²) in [5, 5.41) is 0. The van der Waals surface area contributed by atoms with Gasteiger partial charge in [0.15, 0.2) is 0 Å². The highest BCUT2D eigenvalue weighted by Gasteiger charge is 2.05. The molecule has 114 valence electrons. The normalized spacial score (nSPS) is 13.2. The summed E-state index contributed by atoms with van der Waals surface area (Å²) in [6.07, 6.45) is 3.36. The van der Waals surface area contributed by atoms with Gasteiger partial charge in [-0.25, -0.2) is 0 Å². The smallest absolute Gasteiger partial charge is 0.264 e. The number of rotatable bonds is 9. The number of unbranched alkanes of at least 4 members (excludes halogenated alkanes) is 1. The van der Waals surface area contributed by atoms with Gasteiger partial charge in [0.25, 0.3) is 10.1 Å². The molecule has 0 aromatic heterocycles. The monoisotopic (exact) mass is 300 g/mol. The van der Waals surface area contributed by atoms with E-state index in [4.69, 9.17) is 9.29 Å². The zero-order valence-electron chi connectivity index (χ0n) is 12.2. The maximum absolute atomic E-state index is 10.5. The molecule has 0 saturated heterocycles. The second-order valence-electron chi connectivity index (χ2n) is 5.10. The minimum absolute atomic E-state index is 0.205. The lowest BCUT2D eigenvalue weighted by atomic mass is 9.97. The number of ether oxygens (including phenoxy) is 1. The number of hydrogen-bond donors (Lipinski definition) is 1. The van der Waals surface area contributed by atoms with Crippen molar-refractivity contribution in [1.82, 2.24) is 0 Å². The molecule has 4 nitrogen and oxygen atoms in total. The first kappa shape index (κ1) is 17.0. The predicted molar refractivity (Wildman–Crippen MR) is 80.9 cm³/mol. The zero-order chi connectivity index (χ0) is 15.0. The topological polar surface area (TPSA) is 63.6 Å². The fourth-order valence-corrected chi connectivity index (χ4v) is 2.64. The Hall–Kier alpha value is -1.07. The van der Waals surface area contributed by atoms with Crippen LogP contribution in [0.5, 0.6) is 5.75 Å². The van der Waals surface area contributed by atoms with Crippen LogP contribution in [0.15, 0.2) is 24.3 Å². The Morgan fingerprint density at radius 2 is 1.85 bits per heavy atom. The minimum atomic E-state index is -3.85. The fourth-order valence-electron chi connectivity index (χ4n) is 2.07. The van der Waals surface area contributed by atoms with Crippen molar-refractivity contribution in [3.05, 3.63) is 29.8 Å². The average Bonchev–Trinajstić information content (AvgIpc) is 2.38. The second kappa shape index (κ2) is 8.27. The van der Waals surface area contributed by atoms with Crippen LogP contribution >= 0.6 is 0 Å². The maximum Gasteiger partial charge on any atom is 0.264 e. The van der Waals surface area contributed by atoms with Crippen molar-refractivity contribution in [2.24, 2.45) is 0 Å². The summed E-state index contributed by atoms with van der Waals surface area (Å²) in [6, 6.07) is 8.05. The highest BCUT2D eigenvalue weighted by atomic mass is 32.2. The third-order valence-electron chi connectivity index (χ3n) is 3.24. The summed E-state index contributed by atoms with van der Waals surface area (Å²) >= 11 is 0. The van der Waals surface area contributed by atoms with Gasteiger partial charge in [0.05, 0.1) is 12.4 Å². The first-order chi connectivity index (χ1) is 9.42. The van der Waals surface area contributed by atoms with E-state index in [-0.39, 0.29) is 5.75 Å². The molecule has 5 heteroatoms. The maximum atomic E-state index is 10.5. The van der Waals surface area contributed by atoms with E-state index in [9.17, 15) is 8.42 Å². The lowest BCUT2D eigenvalue weighted by Crippen LogP contribution is -2.06. The van der Waals surface area contributed by atoms with Gasteiger partial charge in [0.1, 0.15) is 5.75 Å². The molecule has 20 heavy (non-hydrogen) atoms. The van der Waals surface area contributed by atoms with Crippen LogP contribution < -0.4 is 4.74 Å². The van der Waals surface area contributed by atoms with Crippen molar-refractivity contribution < 1.29 is 17.7 Å². The zero-order valence-corrected chi connectivity index (χ0v) is 13.0. The molecule has 0 bridgehead atoms. The standard InChI is InChI=1S/C15H24O4S/c1-3-6-13(2)14-7-9-15(10-8-14)19-11-4-5-12-20(16,17)18/h7-10,13H,3-6,11-12H2,1-2H3,(H,16,17,18). The van der Waals surface area contributed by atoms with Gasteiger partial charge in [-0.15, -0.1) is 0 Å². The molecule has 0 heterocycles. The van der Waals surface area contributed by atoms with Crippen LogP contribution in [0, 0.1) is 0 Å². The molecule has 0 saturated carbocycles. The van der Waals surface area contributed by atoms with Crippen LogP contribution in [0.4, 0.5) is 0 Å². The van der Waals surface area contributed by atoms with E-state index in [1.165, 1.54) is 18.4 Å². The Morgan fingerprint density at radius 1 is 1.20 bits per heavy atom. The van der Waals surface area contributed by atoms with Gasteiger partial charge < -0.3 is 4.74 Å². The summed E-state index contributed by atoms with van der Waals surface area (Å²) in [5.74, 6) is 1.15. The molecule has 1 rings (SSSR count). The van der Waals surface area contributed by atoms with Crippen LogP contribution in [0.2, 0.25) is 0 Å². The Kier molecular flexibility index (Phi) is 7.02. The van der Waals surface area contributed by atoms with E-state index >= 15 is 0 Å². The quantitative estimate of drug-likeness (QED) is 0.558. The van der Waals surface area contributed by atoms with Gasteiger partial charge in [-0.05, 0) is 42.9 Å². The molecular weight excluding hydrogens is 276 g/mol. The SMILES string of the molecule is CCCC(C)c1ccc(OCCCCS(=O)(=O)O)cc1. The highest BCUT2D eigenvalue weighted by molar-refractivity contribution is 7.85. The van der Waals surface area contributed by atoms with Gasteiger partial charge in [0.2, 0.25) is 0 Å². The van der Waals surface area contributed by atoms with Gasteiger partial charge in [-0.1, -0.05) is 32.4 Å². The van der Waals surface area contributed by atoms with Gasteiger partial charge in [0, 0.05) is 0 Å². The highest BCUT2D eigenvalue weighted by Crippen LogP contribution is 2.22. The molecule has 0 aliphatic carbocycles. The van der Waals surface area contributed by atoms with Crippen molar-refractivity contribution in [3.63, 3.8) is 0 Å². The summed E-state index contributed by atoms with van der Waals surface area (Å²) in [7, 11) is -3.85. The lowest BCUT2D eigenvalue weighted by molar-refractivity contribution is 0.309. The predicted octanol–water partition coefficient (Wildman–Crippen LogP) is 3.64. The van der Waals surface area contributed by atoms with E-state index in [1.54, 1.807) is 0 Å². The average molecular weight is 300 g/mol. The molecule has 0 aliphatic heterocycles. The molecule has 1 atom stereocenters. The third kappa shape index (κ3) is 6.91. The van der Waals surface area contributed by atoms with Crippen LogP contribution in [0.1, 0.15) is 51.0 Å². The Balaban J connectivity index is 2.31. The first-order valence-corrected chi connectivity index (χ1v) is 8.71. The number of hydrogen-bond acceptors (Lipinski definition) is 3. The van der Waals surface area contributed by atoms with Crippen molar-refractivity contribution >= 4 is 10.1 Å². The van der Waals surface area contributed by atoms with Crippen LogP contribution in [0.25, 0.3) is 0 Å². The summed E-state index contributed by atoms with van der Waals surface area (Å²) in [6.45, 7) is 4.86. The molecule has 1 unspecified atom stereocenters. The molecule has 1 N–H and O–H groups in total. The van der Waals surface area contributed by atoms with Gasteiger partial charge >= 0.3 is 0 Å². The summed E-state index contributed by atoms with van der Waals surface area (Å²) in [5.41, 5.74) is 1.31. The molecule has 1 aromatic carbocycles. The van der Waals surface area contributed by atoms with E-state index in [0.717, 1.165) is 5.75 Å². The van der Waals surface area contributed by atoms with Crippen molar-refractivity contribution in [3.8, 4) is 5.75 Å². The lowest BCUT2D eigenvalue weighted by Gasteiger charge is -2.11. The van der Waals surface area contributed by atoms with E-state index < -0.39 is 10.1 Å². The minimum Gasteiger partial charge on any atom is -0.494 e. The molecular formula is C15H24O4S. The van der Waals surface area contributed by atoms with Gasteiger partial charge in [-0.3, -0.25) is 4.55 Å². The van der Waals surface area contributed by atoms with E-state index in [2.05, 4.69) is 26.0 Å². The molecule has 0 amide bonds. The third-order valence-corrected chi connectivity index (χ3v) is 4.04. The first-order valence-electron chi connectivity index (χ1n) is 7.10. The van der Waals surface area contributed by atoms with Crippen molar-refractivity contribution in [1.29, 1.82) is 0 Å². The Labute approximate surface area is 121 Å². The van der Waals surface area contributed by atoms with Crippen LogP contribution in [0.3, 0.4) is 0 Å². The van der Waals surface area contributed by atoms with E-state index in [0.29, 0.717) is 25.4 Å². The molecule has 0 aliphatic rings. The second-order valence-corrected chi connectivity index (χ2v) is 6.67. The Morgan fingerprint density at radius 3 is 2.40 bits per heavy atom. The van der Waals surface area contributed by atoms with Crippen LogP contribution in [-0.4, -0.2) is 25.3 Å². The largest absolute Gasteiger partial charge is 0.494 e. The van der Waals surface area contributed by atoms with E-state index in [1.807, 2.05) is 12.1 Å².